The molecular formula is C14H14Br2FNS. The molecule has 0 aliphatic rings. The second-order valence-electron chi connectivity index (χ2n) is 4.23. The number of nitrogens with one attached hydrogen (secondary N) is 1. The maximum atomic E-state index is 13.4. The summed E-state index contributed by atoms with van der Waals surface area (Å²) >= 11 is 8.49. The first kappa shape index (κ1) is 15.2. The van der Waals surface area contributed by atoms with Crippen molar-refractivity contribution in [2.24, 2.45) is 0 Å². The Bertz CT molecular complexity index is 583. The number of hydrogen-bond acceptors (Lipinski definition) is 2. The van der Waals surface area contributed by atoms with Gasteiger partial charge in [0.15, 0.2) is 0 Å². The molecule has 2 aromatic rings. The molecule has 0 aliphatic carbocycles. The number of rotatable bonds is 4. The van der Waals surface area contributed by atoms with Crippen molar-refractivity contribution in [2.45, 2.75) is 19.9 Å². The Hall–Kier alpha value is -0.230. The normalized spacial score (nSPS) is 12.7. The van der Waals surface area contributed by atoms with Crippen molar-refractivity contribution < 1.29 is 4.39 Å². The maximum Gasteiger partial charge on any atom is 0.137 e. The Morgan fingerprint density at radius 1 is 1.32 bits per heavy atom. The van der Waals surface area contributed by atoms with E-state index in [2.05, 4.69) is 57.1 Å². The third-order valence-corrected chi connectivity index (χ3v) is 5.10. The van der Waals surface area contributed by atoms with Crippen molar-refractivity contribution in [3.8, 4) is 0 Å². The first-order chi connectivity index (χ1) is 9.02. The van der Waals surface area contributed by atoms with Gasteiger partial charge in [0, 0.05) is 4.88 Å². The van der Waals surface area contributed by atoms with E-state index in [1.54, 1.807) is 11.3 Å². The highest BCUT2D eigenvalue weighted by Crippen LogP contribution is 2.34. The first-order valence-corrected chi connectivity index (χ1v) is 8.37. The van der Waals surface area contributed by atoms with Crippen LogP contribution in [0.5, 0.6) is 0 Å². The minimum atomic E-state index is -0.234. The Labute approximate surface area is 133 Å². The Morgan fingerprint density at radius 2 is 2.05 bits per heavy atom. The van der Waals surface area contributed by atoms with E-state index in [1.807, 2.05) is 12.1 Å². The topological polar surface area (TPSA) is 12.0 Å². The molecule has 1 heterocycles. The Balaban J connectivity index is 2.44. The summed E-state index contributed by atoms with van der Waals surface area (Å²) in [5, 5.41) is 3.46. The van der Waals surface area contributed by atoms with Crippen molar-refractivity contribution in [3.05, 3.63) is 54.3 Å². The summed E-state index contributed by atoms with van der Waals surface area (Å²) in [5.74, 6) is -0.234. The largest absolute Gasteiger partial charge is 0.306 e. The van der Waals surface area contributed by atoms with Crippen molar-refractivity contribution >= 4 is 43.2 Å². The smallest absolute Gasteiger partial charge is 0.137 e. The average molecular weight is 407 g/mol. The lowest BCUT2D eigenvalue weighted by Gasteiger charge is -2.19. The number of hydrogen-bond donors (Lipinski definition) is 1. The molecule has 0 fully saturated rings. The van der Waals surface area contributed by atoms with E-state index in [4.69, 9.17) is 0 Å². The molecule has 0 bridgehead atoms. The summed E-state index contributed by atoms with van der Waals surface area (Å²) in [4.78, 5) is 1.26. The summed E-state index contributed by atoms with van der Waals surface area (Å²) in [6.07, 6.45) is 0. The van der Waals surface area contributed by atoms with Gasteiger partial charge >= 0.3 is 0 Å². The fraction of sp³-hybridized carbons (Fsp3) is 0.286. The highest BCUT2D eigenvalue weighted by molar-refractivity contribution is 9.11. The minimum absolute atomic E-state index is 0.0875. The van der Waals surface area contributed by atoms with E-state index in [-0.39, 0.29) is 11.9 Å². The van der Waals surface area contributed by atoms with Gasteiger partial charge in [-0.15, -0.1) is 11.3 Å². The molecule has 102 valence electrons. The molecule has 0 aliphatic heterocycles. The van der Waals surface area contributed by atoms with Crippen LogP contribution in [-0.2, 0) is 0 Å². The standard InChI is InChI=1S/C14H14Br2FNS/c1-3-18-14(10-7-13(16)19-8(10)2)9-4-5-12(17)11(15)6-9/h4-7,14,18H,3H2,1-2H3. The summed E-state index contributed by atoms with van der Waals surface area (Å²) in [6.45, 7) is 5.03. The Morgan fingerprint density at radius 3 is 2.58 bits per heavy atom. The first-order valence-electron chi connectivity index (χ1n) is 5.97. The lowest BCUT2D eigenvalue weighted by Crippen LogP contribution is -2.22. The van der Waals surface area contributed by atoms with Crippen LogP contribution in [0.4, 0.5) is 4.39 Å². The molecule has 1 aromatic heterocycles. The zero-order valence-electron chi connectivity index (χ0n) is 10.6. The van der Waals surface area contributed by atoms with Gasteiger partial charge in [-0.3, -0.25) is 0 Å². The average Bonchev–Trinajstić information content (AvgIpc) is 2.69. The minimum Gasteiger partial charge on any atom is -0.306 e. The quantitative estimate of drug-likeness (QED) is 0.714. The molecule has 1 aromatic carbocycles. The molecule has 19 heavy (non-hydrogen) atoms. The lowest BCUT2D eigenvalue weighted by atomic mass is 9.99. The highest BCUT2D eigenvalue weighted by Gasteiger charge is 2.18. The van der Waals surface area contributed by atoms with Crippen LogP contribution in [0.15, 0.2) is 32.5 Å². The third kappa shape index (κ3) is 3.45. The molecule has 0 saturated heterocycles. The summed E-state index contributed by atoms with van der Waals surface area (Å²) in [5.41, 5.74) is 2.29. The van der Waals surface area contributed by atoms with Crippen LogP contribution in [0.3, 0.4) is 0 Å². The fourth-order valence-corrected chi connectivity index (χ4v) is 4.19. The van der Waals surface area contributed by atoms with E-state index in [0.717, 1.165) is 15.9 Å². The van der Waals surface area contributed by atoms with Crippen molar-refractivity contribution in [3.63, 3.8) is 0 Å². The van der Waals surface area contributed by atoms with Gasteiger partial charge in [0.2, 0.25) is 0 Å². The molecule has 1 unspecified atom stereocenters. The molecule has 1 nitrogen and oxygen atoms in total. The third-order valence-electron chi connectivity index (χ3n) is 2.92. The van der Waals surface area contributed by atoms with Crippen LogP contribution in [0, 0.1) is 12.7 Å². The van der Waals surface area contributed by atoms with Crippen LogP contribution < -0.4 is 5.32 Å². The van der Waals surface area contributed by atoms with Gasteiger partial charge in [0.1, 0.15) is 5.82 Å². The molecule has 2 rings (SSSR count). The Kier molecular flexibility index (Phi) is 5.17. The van der Waals surface area contributed by atoms with Crippen LogP contribution in [0.2, 0.25) is 0 Å². The van der Waals surface area contributed by atoms with Gasteiger partial charge in [-0.2, -0.15) is 0 Å². The van der Waals surface area contributed by atoms with E-state index < -0.39 is 0 Å². The predicted octanol–water partition coefficient (Wildman–Crippen LogP) is 5.42. The predicted molar refractivity (Wildman–Crippen MR) is 86.4 cm³/mol. The van der Waals surface area contributed by atoms with Gasteiger partial charge in [0.05, 0.1) is 14.3 Å². The van der Waals surface area contributed by atoms with Gasteiger partial charge in [-0.05, 0) is 74.7 Å². The zero-order chi connectivity index (χ0) is 14.0. The number of aryl methyl sites for hydroxylation is 1. The van der Waals surface area contributed by atoms with Crippen molar-refractivity contribution in [2.75, 3.05) is 6.54 Å². The second-order valence-corrected chi connectivity index (χ2v) is 7.72. The van der Waals surface area contributed by atoms with Crippen LogP contribution in [-0.4, -0.2) is 6.54 Å². The molecule has 0 radical (unpaired) electrons. The van der Waals surface area contributed by atoms with Crippen LogP contribution in [0.1, 0.15) is 29.0 Å². The number of benzene rings is 1. The van der Waals surface area contributed by atoms with Crippen LogP contribution in [0.25, 0.3) is 0 Å². The summed E-state index contributed by atoms with van der Waals surface area (Å²) in [6, 6.07) is 7.39. The van der Waals surface area contributed by atoms with E-state index >= 15 is 0 Å². The van der Waals surface area contributed by atoms with E-state index in [9.17, 15) is 4.39 Å². The van der Waals surface area contributed by atoms with Gasteiger partial charge in [-0.25, -0.2) is 4.39 Å². The molecule has 5 heteroatoms. The van der Waals surface area contributed by atoms with Gasteiger partial charge in [0.25, 0.3) is 0 Å². The molecular weight excluding hydrogens is 393 g/mol. The van der Waals surface area contributed by atoms with Crippen LogP contribution >= 0.6 is 43.2 Å². The van der Waals surface area contributed by atoms with Crippen molar-refractivity contribution in [1.82, 2.24) is 5.32 Å². The maximum absolute atomic E-state index is 13.4. The number of halogens is 3. The molecule has 0 amide bonds. The zero-order valence-corrected chi connectivity index (χ0v) is 14.6. The van der Waals surface area contributed by atoms with E-state index in [0.29, 0.717) is 4.47 Å². The highest BCUT2D eigenvalue weighted by atomic mass is 79.9. The fourth-order valence-electron chi connectivity index (χ4n) is 2.05. The molecule has 1 atom stereocenters. The second kappa shape index (κ2) is 6.48. The number of thiophene rings is 1. The van der Waals surface area contributed by atoms with Gasteiger partial charge < -0.3 is 5.32 Å². The SMILES string of the molecule is CCNC(c1ccc(F)c(Br)c1)c1cc(Br)sc1C. The lowest BCUT2D eigenvalue weighted by molar-refractivity contribution is 0.608. The summed E-state index contributed by atoms with van der Waals surface area (Å²) < 4.78 is 15.0. The monoisotopic (exact) mass is 405 g/mol. The molecule has 0 spiro atoms. The van der Waals surface area contributed by atoms with E-state index in [1.165, 1.54) is 16.5 Å². The van der Waals surface area contributed by atoms with Crippen molar-refractivity contribution in [1.29, 1.82) is 0 Å². The van der Waals surface area contributed by atoms with Gasteiger partial charge in [-0.1, -0.05) is 13.0 Å². The molecule has 1 N–H and O–H groups in total. The summed E-state index contributed by atoms with van der Waals surface area (Å²) in [7, 11) is 0. The molecule has 0 saturated carbocycles.